The van der Waals surface area contributed by atoms with Crippen LogP contribution in [-0.4, -0.2) is 71.7 Å². The highest BCUT2D eigenvalue weighted by Gasteiger charge is 2.51. The van der Waals surface area contributed by atoms with Crippen LogP contribution in [0, 0.1) is 0 Å². The summed E-state index contributed by atoms with van der Waals surface area (Å²) in [6.07, 6.45) is 1.70. The van der Waals surface area contributed by atoms with Crippen molar-refractivity contribution in [2.75, 3.05) is 20.3 Å². The lowest BCUT2D eigenvalue weighted by Gasteiger charge is -2.41. The van der Waals surface area contributed by atoms with Gasteiger partial charge in [-0.2, -0.15) is 0 Å². The van der Waals surface area contributed by atoms with Crippen molar-refractivity contribution in [3.05, 3.63) is 68.7 Å². The molecule has 1 aliphatic heterocycles. The maximum atomic E-state index is 13.6. The molecule has 9 nitrogen and oxygen atoms in total. The maximum absolute atomic E-state index is 13.6. The Labute approximate surface area is 242 Å². The second-order valence-electron chi connectivity index (χ2n) is 9.76. The summed E-state index contributed by atoms with van der Waals surface area (Å²) in [4.78, 5) is 40.1. The Hall–Kier alpha value is -3.11. The molecule has 4 atom stereocenters. The number of unbranched alkanes of at least 4 members (excludes halogenated alkanes) is 1. The second kappa shape index (κ2) is 13.0. The molecule has 3 N–H and O–H groups in total. The molecule has 4 rings (SSSR count). The number of benzene rings is 2. The van der Waals surface area contributed by atoms with Gasteiger partial charge in [-0.05, 0) is 42.3 Å². The molecule has 1 aliphatic carbocycles. The van der Waals surface area contributed by atoms with Gasteiger partial charge in [-0.25, -0.2) is 0 Å². The Balaban J connectivity index is 1.82. The van der Waals surface area contributed by atoms with Gasteiger partial charge in [0.05, 0.1) is 25.7 Å². The number of halogens is 2. The van der Waals surface area contributed by atoms with E-state index < -0.39 is 30.1 Å². The summed E-state index contributed by atoms with van der Waals surface area (Å²) in [5.41, 5.74) is 1.70. The van der Waals surface area contributed by atoms with Crippen LogP contribution in [0.3, 0.4) is 0 Å². The van der Waals surface area contributed by atoms with Crippen molar-refractivity contribution in [2.24, 2.45) is 0 Å². The first-order chi connectivity index (χ1) is 19.2. The minimum Gasteiger partial charge on any atom is -0.493 e. The lowest BCUT2D eigenvalue weighted by molar-refractivity contribution is -0.138. The summed E-state index contributed by atoms with van der Waals surface area (Å²) in [6, 6.07) is 7.14. The van der Waals surface area contributed by atoms with Crippen LogP contribution in [0.1, 0.15) is 53.6 Å². The topological polar surface area (TPSA) is 125 Å². The Morgan fingerprint density at radius 3 is 2.65 bits per heavy atom. The fraction of sp³-hybridized carbons (Fsp3) is 0.414. The van der Waals surface area contributed by atoms with Crippen LogP contribution >= 0.6 is 23.2 Å². The van der Waals surface area contributed by atoms with E-state index in [1.165, 1.54) is 18.1 Å². The lowest BCUT2D eigenvalue weighted by Crippen LogP contribution is -2.55. The summed E-state index contributed by atoms with van der Waals surface area (Å²) in [6.45, 7) is 1.77. The molecule has 0 spiro atoms. The molecule has 2 aromatic rings. The standard InChI is InChI=1S/C29H32Cl2N2O7/c1-3-4-5-24(36)33(14-17-6-7-18(30)12-21(17)31)22-13-20(29(38)32-8-9-34)25-19-10-16(15-35)11-23(39-2)27(19)40-28(25)26(22)37/h6-7,10-13,15,22,25-26,28,34,37H,3-5,8-9,14H2,1-2H3,(H,32,38)/t22-,25+,26+,28+/m1/s1. The van der Waals surface area contributed by atoms with Crippen LogP contribution in [0.25, 0.3) is 0 Å². The molecular formula is C29H32Cl2N2O7. The largest absolute Gasteiger partial charge is 0.493 e. The zero-order valence-corrected chi connectivity index (χ0v) is 23.7. The number of hydrogen-bond donors (Lipinski definition) is 3. The third-order valence-corrected chi connectivity index (χ3v) is 7.78. The molecule has 1 heterocycles. The Morgan fingerprint density at radius 2 is 2.00 bits per heavy atom. The van der Waals surface area contributed by atoms with E-state index in [2.05, 4.69) is 5.32 Å². The van der Waals surface area contributed by atoms with Gasteiger partial charge < -0.3 is 29.9 Å². The predicted octanol–water partition coefficient (Wildman–Crippen LogP) is 3.66. The Kier molecular flexibility index (Phi) is 9.73. The van der Waals surface area contributed by atoms with Gasteiger partial charge in [0.2, 0.25) is 11.8 Å². The number of carbonyl (C=O) groups is 3. The smallest absolute Gasteiger partial charge is 0.247 e. The zero-order valence-electron chi connectivity index (χ0n) is 22.2. The van der Waals surface area contributed by atoms with Crippen molar-refractivity contribution >= 4 is 41.3 Å². The first-order valence-corrected chi connectivity index (χ1v) is 13.9. The molecule has 0 saturated carbocycles. The van der Waals surface area contributed by atoms with Crippen molar-refractivity contribution in [2.45, 2.75) is 56.9 Å². The van der Waals surface area contributed by atoms with E-state index in [1.54, 1.807) is 30.3 Å². The van der Waals surface area contributed by atoms with Gasteiger partial charge in [-0.3, -0.25) is 14.4 Å². The first kappa shape index (κ1) is 29.9. The summed E-state index contributed by atoms with van der Waals surface area (Å²) in [5, 5.41) is 24.5. The third kappa shape index (κ3) is 5.98. The molecule has 2 aromatic carbocycles. The van der Waals surface area contributed by atoms with Crippen molar-refractivity contribution < 1.29 is 34.1 Å². The van der Waals surface area contributed by atoms with E-state index >= 15 is 0 Å². The number of nitrogens with zero attached hydrogens (tertiary/aromatic N) is 1. The van der Waals surface area contributed by atoms with Gasteiger partial charge in [0.25, 0.3) is 0 Å². The minimum absolute atomic E-state index is 0.00568. The number of carbonyl (C=O) groups excluding carboxylic acids is 3. The molecule has 2 amide bonds. The number of aldehydes is 1. The third-order valence-electron chi connectivity index (χ3n) is 7.19. The maximum Gasteiger partial charge on any atom is 0.247 e. The quantitative estimate of drug-likeness (QED) is 0.341. The summed E-state index contributed by atoms with van der Waals surface area (Å²) < 4.78 is 11.7. The number of amides is 2. The normalized spacial score (nSPS) is 21.0. The van der Waals surface area contributed by atoms with E-state index in [1.807, 2.05) is 6.92 Å². The van der Waals surface area contributed by atoms with Crippen LogP contribution in [0.4, 0.5) is 0 Å². The molecule has 0 aromatic heterocycles. The number of aliphatic hydroxyl groups excluding tert-OH is 2. The number of ether oxygens (including phenoxy) is 2. The SMILES string of the molecule is CCCCC(=O)N(Cc1ccc(Cl)cc1Cl)[C@@H]1C=C(C(=O)NCCO)[C@@H]2c3cc(C=O)cc(OC)c3O[C@@H]2[C@H]1O. The molecule has 11 heteroatoms. The summed E-state index contributed by atoms with van der Waals surface area (Å²) in [7, 11) is 1.43. The van der Waals surface area contributed by atoms with Gasteiger partial charge in [0.1, 0.15) is 18.5 Å². The van der Waals surface area contributed by atoms with Crippen LogP contribution in [0.2, 0.25) is 10.0 Å². The van der Waals surface area contributed by atoms with Crippen LogP contribution in [0.5, 0.6) is 11.5 Å². The fourth-order valence-corrected chi connectivity index (χ4v) is 5.69. The predicted molar refractivity (Wildman–Crippen MR) is 150 cm³/mol. The zero-order chi connectivity index (χ0) is 29.0. The summed E-state index contributed by atoms with van der Waals surface area (Å²) >= 11 is 12.5. The minimum atomic E-state index is -1.24. The highest BCUT2D eigenvalue weighted by atomic mass is 35.5. The lowest BCUT2D eigenvalue weighted by atomic mass is 9.77. The van der Waals surface area contributed by atoms with Gasteiger partial charge >= 0.3 is 0 Å². The molecular weight excluding hydrogens is 559 g/mol. The van der Waals surface area contributed by atoms with Gasteiger partial charge in [0.15, 0.2) is 11.5 Å². The monoisotopic (exact) mass is 590 g/mol. The highest BCUT2D eigenvalue weighted by molar-refractivity contribution is 6.35. The average molecular weight is 591 g/mol. The number of fused-ring (bicyclic) bond motifs is 3. The molecule has 214 valence electrons. The Bertz CT molecular complexity index is 1320. The van der Waals surface area contributed by atoms with E-state index in [9.17, 15) is 24.6 Å². The fourth-order valence-electron chi connectivity index (χ4n) is 5.22. The molecule has 0 fully saturated rings. The second-order valence-corrected chi connectivity index (χ2v) is 10.6. The molecule has 0 saturated heterocycles. The van der Waals surface area contributed by atoms with Crippen molar-refractivity contribution in [1.29, 1.82) is 0 Å². The molecule has 40 heavy (non-hydrogen) atoms. The highest BCUT2D eigenvalue weighted by Crippen LogP contribution is 2.51. The molecule has 2 aliphatic rings. The van der Waals surface area contributed by atoms with E-state index in [0.717, 1.165) is 6.42 Å². The van der Waals surface area contributed by atoms with Crippen molar-refractivity contribution in [1.82, 2.24) is 10.2 Å². The van der Waals surface area contributed by atoms with Crippen molar-refractivity contribution in [3.63, 3.8) is 0 Å². The van der Waals surface area contributed by atoms with Crippen LogP contribution < -0.4 is 14.8 Å². The number of methoxy groups -OCH3 is 1. The summed E-state index contributed by atoms with van der Waals surface area (Å²) in [5.74, 6) is -0.859. The number of aliphatic hydroxyl groups is 2. The van der Waals surface area contributed by atoms with E-state index in [4.69, 9.17) is 32.7 Å². The van der Waals surface area contributed by atoms with Crippen LogP contribution in [0.15, 0.2) is 42.0 Å². The molecule has 0 bridgehead atoms. The molecule has 0 unspecified atom stereocenters. The van der Waals surface area contributed by atoms with Gasteiger partial charge in [0, 0.05) is 46.3 Å². The Morgan fingerprint density at radius 1 is 1.23 bits per heavy atom. The van der Waals surface area contributed by atoms with Gasteiger partial charge in [-0.1, -0.05) is 42.6 Å². The molecule has 0 radical (unpaired) electrons. The van der Waals surface area contributed by atoms with E-state index in [0.29, 0.717) is 45.2 Å². The average Bonchev–Trinajstić information content (AvgIpc) is 3.34. The van der Waals surface area contributed by atoms with Gasteiger partial charge in [-0.15, -0.1) is 0 Å². The van der Waals surface area contributed by atoms with Crippen molar-refractivity contribution in [3.8, 4) is 11.5 Å². The number of rotatable bonds is 11. The number of nitrogens with one attached hydrogen (secondary N) is 1. The first-order valence-electron chi connectivity index (χ1n) is 13.1. The number of hydrogen-bond acceptors (Lipinski definition) is 7. The van der Waals surface area contributed by atoms with E-state index in [-0.39, 0.29) is 43.3 Å². The van der Waals surface area contributed by atoms with Crippen LogP contribution in [-0.2, 0) is 16.1 Å².